The first-order valence-electron chi connectivity index (χ1n) is 4.40. The van der Waals surface area contributed by atoms with Crippen molar-refractivity contribution in [3.8, 4) is 0 Å². The highest BCUT2D eigenvalue weighted by atomic mass is 32.2. The molecule has 6 nitrogen and oxygen atoms in total. The van der Waals surface area contributed by atoms with Crippen LogP contribution in [0.15, 0.2) is 6.33 Å². The lowest BCUT2D eigenvalue weighted by atomic mass is 10.6. The van der Waals surface area contributed by atoms with Gasteiger partial charge < -0.3 is 0 Å². The van der Waals surface area contributed by atoms with E-state index in [-0.39, 0.29) is 11.8 Å². The molecule has 0 aliphatic heterocycles. The molecule has 0 aromatic carbocycles. The number of aromatic nitrogens is 3. The zero-order valence-corrected chi connectivity index (χ0v) is 8.66. The third kappa shape index (κ3) is 1.78. The van der Waals surface area contributed by atoms with Crippen molar-refractivity contribution in [1.29, 1.82) is 0 Å². The summed E-state index contributed by atoms with van der Waals surface area (Å²) in [5.74, 6) is 0.566. The van der Waals surface area contributed by atoms with E-state index in [9.17, 15) is 8.42 Å². The third-order valence-electron chi connectivity index (χ3n) is 2.22. The maximum atomic E-state index is 11.7. The third-order valence-corrected chi connectivity index (χ3v) is 4.53. The standard InChI is InChI=1S/C7H12N4O2S/c1-11(4-7-8-5-9-10-7)14(12,13)6-2-3-6/h5-6H,2-4H2,1H3,(H,8,9,10). The molecule has 0 atom stereocenters. The molecule has 1 heterocycles. The Morgan fingerprint density at radius 3 is 2.86 bits per heavy atom. The van der Waals surface area contributed by atoms with Gasteiger partial charge >= 0.3 is 0 Å². The molecule has 2 rings (SSSR count). The molecule has 78 valence electrons. The molecule has 0 spiro atoms. The molecule has 1 fully saturated rings. The summed E-state index contributed by atoms with van der Waals surface area (Å²) >= 11 is 0. The molecule has 0 unspecified atom stereocenters. The zero-order valence-electron chi connectivity index (χ0n) is 7.84. The van der Waals surface area contributed by atoms with E-state index in [1.807, 2.05) is 0 Å². The van der Waals surface area contributed by atoms with Crippen LogP contribution in [0.2, 0.25) is 0 Å². The van der Waals surface area contributed by atoms with Crippen LogP contribution in [0.4, 0.5) is 0 Å². The Morgan fingerprint density at radius 2 is 2.36 bits per heavy atom. The maximum Gasteiger partial charge on any atom is 0.217 e. The summed E-state index contributed by atoms with van der Waals surface area (Å²) in [5, 5.41) is 6.12. The van der Waals surface area contributed by atoms with Gasteiger partial charge in [0.05, 0.1) is 11.8 Å². The van der Waals surface area contributed by atoms with Crippen molar-refractivity contribution in [2.45, 2.75) is 24.6 Å². The topological polar surface area (TPSA) is 79.0 Å². The molecule has 1 saturated carbocycles. The number of nitrogens with zero attached hydrogens (tertiary/aromatic N) is 3. The van der Waals surface area contributed by atoms with E-state index in [0.717, 1.165) is 12.8 Å². The average Bonchev–Trinajstić information content (AvgIpc) is 2.88. The Hall–Kier alpha value is -0.950. The maximum absolute atomic E-state index is 11.7. The molecule has 1 aliphatic rings. The van der Waals surface area contributed by atoms with Gasteiger partial charge in [-0.15, -0.1) is 0 Å². The SMILES string of the molecule is CN(Cc1ncn[nH]1)S(=O)(=O)C1CC1. The van der Waals surface area contributed by atoms with Crippen molar-refractivity contribution in [3.63, 3.8) is 0 Å². The Labute approximate surface area is 82.4 Å². The minimum Gasteiger partial charge on any atom is -0.262 e. The lowest BCUT2D eigenvalue weighted by Gasteiger charge is -2.14. The van der Waals surface area contributed by atoms with Gasteiger partial charge in [0.1, 0.15) is 12.2 Å². The van der Waals surface area contributed by atoms with Crippen molar-refractivity contribution in [3.05, 3.63) is 12.2 Å². The van der Waals surface area contributed by atoms with Gasteiger partial charge in [-0.05, 0) is 12.8 Å². The quantitative estimate of drug-likeness (QED) is 0.751. The number of sulfonamides is 1. The van der Waals surface area contributed by atoms with E-state index in [1.165, 1.54) is 10.6 Å². The number of aromatic amines is 1. The molecule has 0 amide bonds. The molecule has 0 radical (unpaired) electrons. The number of H-pyrrole nitrogens is 1. The monoisotopic (exact) mass is 216 g/mol. The molecular formula is C7H12N4O2S. The second-order valence-electron chi connectivity index (χ2n) is 3.43. The average molecular weight is 216 g/mol. The van der Waals surface area contributed by atoms with Crippen molar-refractivity contribution >= 4 is 10.0 Å². The summed E-state index contributed by atoms with van der Waals surface area (Å²) in [4.78, 5) is 3.88. The van der Waals surface area contributed by atoms with E-state index in [4.69, 9.17) is 0 Å². The first kappa shape index (κ1) is 9.60. The largest absolute Gasteiger partial charge is 0.262 e. The number of hydrogen-bond donors (Lipinski definition) is 1. The van der Waals surface area contributed by atoms with E-state index in [1.54, 1.807) is 7.05 Å². The molecular weight excluding hydrogens is 204 g/mol. The molecule has 14 heavy (non-hydrogen) atoms. The first-order valence-corrected chi connectivity index (χ1v) is 5.90. The number of nitrogens with one attached hydrogen (secondary N) is 1. The fourth-order valence-corrected chi connectivity index (χ4v) is 2.77. The normalized spacial score (nSPS) is 17.6. The van der Waals surface area contributed by atoms with Gasteiger partial charge in [0.15, 0.2) is 0 Å². The number of hydrogen-bond acceptors (Lipinski definition) is 4. The van der Waals surface area contributed by atoms with Gasteiger partial charge in [-0.1, -0.05) is 0 Å². The Kier molecular flexibility index (Phi) is 2.28. The molecule has 1 aromatic heterocycles. The van der Waals surface area contributed by atoms with E-state index in [0.29, 0.717) is 5.82 Å². The zero-order chi connectivity index (χ0) is 10.2. The highest BCUT2D eigenvalue weighted by Gasteiger charge is 2.38. The summed E-state index contributed by atoms with van der Waals surface area (Å²) in [7, 11) is -1.53. The Balaban J connectivity index is 2.05. The highest BCUT2D eigenvalue weighted by molar-refractivity contribution is 7.90. The molecule has 1 aromatic rings. The molecule has 1 aliphatic carbocycles. The van der Waals surface area contributed by atoms with Crippen LogP contribution in [0, 0.1) is 0 Å². The fourth-order valence-electron chi connectivity index (χ4n) is 1.23. The highest BCUT2D eigenvalue weighted by Crippen LogP contribution is 2.30. The first-order chi connectivity index (χ1) is 6.60. The summed E-state index contributed by atoms with van der Waals surface area (Å²) < 4.78 is 24.7. The summed E-state index contributed by atoms with van der Waals surface area (Å²) in [6, 6.07) is 0. The minimum absolute atomic E-state index is 0.171. The lowest BCUT2D eigenvalue weighted by molar-refractivity contribution is 0.456. The van der Waals surface area contributed by atoms with Crippen molar-refractivity contribution in [1.82, 2.24) is 19.5 Å². The second kappa shape index (κ2) is 3.32. The minimum atomic E-state index is -3.10. The van der Waals surface area contributed by atoms with E-state index < -0.39 is 10.0 Å². The van der Waals surface area contributed by atoms with Gasteiger partial charge in [-0.3, -0.25) is 5.10 Å². The second-order valence-corrected chi connectivity index (χ2v) is 5.75. The van der Waals surface area contributed by atoms with Crippen molar-refractivity contribution in [2.75, 3.05) is 7.05 Å². The van der Waals surface area contributed by atoms with Gasteiger partial charge in [0, 0.05) is 7.05 Å². The van der Waals surface area contributed by atoms with Crippen LogP contribution in [0.3, 0.4) is 0 Å². The van der Waals surface area contributed by atoms with Crippen LogP contribution in [0.1, 0.15) is 18.7 Å². The van der Waals surface area contributed by atoms with Gasteiger partial charge in [-0.2, -0.15) is 9.40 Å². The summed E-state index contributed by atoms with van der Waals surface area (Å²) in [5.41, 5.74) is 0. The molecule has 0 bridgehead atoms. The fraction of sp³-hybridized carbons (Fsp3) is 0.714. The van der Waals surface area contributed by atoms with Crippen LogP contribution >= 0.6 is 0 Å². The van der Waals surface area contributed by atoms with Crippen molar-refractivity contribution < 1.29 is 8.42 Å². The van der Waals surface area contributed by atoms with E-state index >= 15 is 0 Å². The van der Waals surface area contributed by atoms with E-state index in [2.05, 4.69) is 15.2 Å². The van der Waals surface area contributed by atoms with Crippen molar-refractivity contribution in [2.24, 2.45) is 0 Å². The predicted molar refractivity (Wildman–Crippen MR) is 49.8 cm³/mol. The number of rotatable bonds is 4. The lowest BCUT2D eigenvalue weighted by Crippen LogP contribution is -2.29. The van der Waals surface area contributed by atoms with Crippen LogP contribution in [-0.4, -0.2) is 40.2 Å². The Morgan fingerprint density at radius 1 is 1.64 bits per heavy atom. The summed E-state index contributed by atoms with van der Waals surface area (Å²) in [6.45, 7) is 0.263. The van der Waals surface area contributed by atoms with Crippen LogP contribution in [-0.2, 0) is 16.6 Å². The van der Waals surface area contributed by atoms with Gasteiger partial charge in [0.2, 0.25) is 10.0 Å². The van der Waals surface area contributed by atoms with Crippen LogP contribution in [0.5, 0.6) is 0 Å². The molecule has 7 heteroatoms. The molecule has 0 saturated heterocycles. The summed E-state index contributed by atoms with van der Waals surface area (Å²) in [6.07, 6.45) is 2.93. The smallest absolute Gasteiger partial charge is 0.217 e. The van der Waals surface area contributed by atoms with Gasteiger partial charge in [0.25, 0.3) is 0 Å². The molecule has 1 N–H and O–H groups in total. The van der Waals surface area contributed by atoms with Gasteiger partial charge in [-0.25, -0.2) is 13.4 Å². The predicted octanol–water partition coefficient (Wildman–Crippen LogP) is -0.271. The van der Waals surface area contributed by atoms with Crippen LogP contribution in [0.25, 0.3) is 0 Å². The Bertz CT molecular complexity index is 395. The van der Waals surface area contributed by atoms with Crippen LogP contribution < -0.4 is 0 Å².